The Kier molecular flexibility index (Phi) is 4.22. The van der Waals surface area contributed by atoms with Crippen molar-refractivity contribution in [1.29, 1.82) is 0 Å². The van der Waals surface area contributed by atoms with Gasteiger partial charge in [-0.1, -0.05) is 43.0 Å². The molecule has 94 valence electrons. The van der Waals surface area contributed by atoms with Crippen LogP contribution in [0.2, 0.25) is 0 Å². The van der Waals surface area contributed by atoms with E-state index in [1.807, 2.05) is 0 Å². The van der Waals surface area contributed by atoms with Crippen LogP contribution in [0, 0.1) is 19.8 Å². The number of aliphatic hydroxyl groups is 1. The van der Waals surface area contributed by atoms with Gasteiger partial charge in [-0.15, -0.1) is 0 Å². The summed E-state index contributed by atoms with van der Waals surface area (Å²) < 4.78 is 0. The summed E-state index contributed by atoms with van der Waals surface area (Å²) in [5.41, 5.74) is 4.22. The molecule has 2 atom stereocenters. The molecule has 1 fully saturated rings. The Bertz CT molecular complexity index is 370. The van der Waals surface area contributed by atoms with Gasteiger partial charge in [0.2, 0.25) is 0 Å². The van der Waals surface area contributed by atoms with Crippen molar-refractivity contribution in [3.63, 3.8) is 0 Å². The number of rotatable bonds is 2. The van der Waals surface area contributed by atoms with Crippen LogP contribution in [-0.2, 0) is 6.42 Å². The summed E-state index contributed by atoms with van der Waals surface area (Å²) in [5.74, 6) is 0.674. The second kappa shape index (κ2) is 5.68. The van der Waals surface area contributed by atoms with Gasteiger partial charge in [-0.2, -0.15) is 0 Å². The fraction of sp³-hybridized carbons (Fsp3) is 0.625. The molecule has 0 aromatic heterocycles. The molecule has 0 heterocycles. The van der Waals surface area contributed by atoms with Crippen molar-refractivity contribution in [3.05, 3.63) is 34.9 Å². The van der Waals surface area contributed by atoms with E-state index in [0.29, 0.717) is 5.92 Å². The van der Waals surface area contributed by atoms with Gasteiger partial charge in [-0.25, -0.2) is 0 Å². The van der Waals surface area contributed by atoms with Crippen molar-refractivity contribution >= 4 is 0 Å². The minimum absolute atomic E-state index is 0.0624. The van der Waals surface area contributed by atoms with Crippen LogP contribution in [0.4, 0.5) is 0 Å². The molecule has 1 aliphatic rings. The predicted molar refractivity (Wildman–Crippen MR) is 72.2 cm³/mol. The molecule has 1 aromatic carbocycles. The average molecular weight is 232 g/mol. The van der Waals surface area contributed by atoms with Crippen LogP contribution in [0.25, 0.3) is 0 Å². The molecule has 1 saturated carbocycles. The molecule has 1 aliphatic carbocycles. The van der Waals surface area contributed by atoms with Crippen molar-refractivity contribution < 1.29 is 5.11 Å². The molecule has 2 unspecified atom stereocenters. The van der Waals surface area contributed by atoms with Crippen LogP contribution in [0.15, 0.2) is 18.2 Å². The molecule has 0 bridgehead atoms. The minimum atomic E-state index is -0.0624. The Balaban J connectivity index is 2.06. The summed E-state index contributed by atoms with van der Waals surface area (Å²) in [6.07, 6.45) is 6.84. The lowest BCUT2D eigenvalue weighted by molar-refractivity contribution is 0.141. The number of hydrogen-bond donors (Lipinski definition) is 1. The third-order valence-corrected chi connectivity index (χ3v) is 4.02. The average Bonchev–Trinajstić information content (AvgIpc) is 2.48. The zero-order valence-electron chi connectivity index (χ0n) is 11.1. The van der Waals surface area contributed by atoms with E-state index in [2.05, 4.69) is 32.0 Å². The standard InChI is InChI=1S/C16H24O/c1-12-7-8-13(2)15(9-12)10-14-5-3-4-6-16(17)11-14/h7-9,14,16-17H,3-6,10-11H2,1-2H3. The molecular formula is C16H24O. The maximum Gasteiger partial charge on any atom is 0.0543 e. The second-order valence-electron chi connectivity index (χ2n) is 5.67. The lowest BCUT2D eigenvalue weighted by atomic mass is 9.89. The lowest BCUT2D eigenvalue weighted by Gasteiger charge is -2.18. The zero-order chi connectivity index (χ0) is 12.3. The van der Waals surface area contributed by atoms with Gasteiger partial charge in [-0.3, -0.25) is 0 Å². The van der Waals surface area contributed by atoms with Crippen LogP contribution in [-0.4, -0.2) is 11.2 Å². The van der Waals surface area contributed by atoms with Gasteiger partial charge in [-0.05, 0) is 50.2 Å². The van der Waals surface area contributed by atoms with E-state index < -0.39 is 0 Å². The van der Waals surface area contributed by atoms with Crippen LogP contribution < -0.4 is 0 Å². The number of benzene rings is 1. The van der Waals surface area contributed by atoms with E-state index >= 15 is 0 Å². The highest BCUT2D eigenvalue weighted by Crippen LogP contribution is 2.27. The molecule has 1 heteroatoms. The van der Waals surface area contributed by atoms with Crippen LogP contribution in [0.1, 0.15) is 48.8 Å². The van der Waals surface area contributed by atoms with Crippen molar-refractivity contribution in [2.45, 2.75) is 58.5 Å². The third-order valence-electron chi connectivity index (χ3n) is 4.02. The molecule has 1 nitrogen and oxygen atoms in total. The van der Waals surface area contributed by atoms with Gasteiger partial charge in [0.05, 0.1) is 6.10 Å². The van der Waals surface area contributed by atoms with Crippen molar-refractivity contribution in [2.24, 2.45) is 5.92 Å². The van der Waals surface area contributed by atoms with Crippen LogP contribution >= 0.6 is 0 Å². The van der Waals surface area contributed by atoms with Crippen LogP contribution in [0.3, 0.4) is 0 Å². The van der Waals surface area contributed by atoms with Crippen molar-refractivity contribution in [2.75, 3.05) is 0 Å². The Labute approximate surface area is 105 Å². The first-order valence-electron chi connectivity index (χ1n) is 6.89. The van der Waals surface area contributed by atoms with E-state index in [0.717, 1.165) is 19.3 Å². The molecule has 0 saturated heterocycles. The van der Waals surface area contributed by atoms with E-state index in [1.54, 1.807) is 0 Å². The Hall–Kier alpha value is -0.820. The Morgan fingerprint density at radius 1 is 1.18 bits per heavy atom. The third kappa shape index (κ3) is 3.57. The monoisotopic (exact) mass is 232 g/mol. The molecule has 0 aliphatic heterocycles. The number of hydrogen-bond acceptors (Lipinski definition) is 1. The molecule has 2 rings (SSSR count). The highest BCUT2D eigenvalue weighted by molar-refractivity contribution is 5.30. The van der Waals surface area contributed by atoms with Gasteiger partial charge in [0.25, 0.3) is 0 Å². The summed E-state index contributed by atoms with van der Waals surface area (Å²) in [7, 11) is 0. The second-order valence-corrected chi connectivity index (χ2v) is 5.67. The van der Waals surface area contributed by atoms with E-state index in [4.69, 9.17) is 0 Å². The summed E-state index contributed by atoms with van der Waals surface area (Å²) in [6, 6.07) is 6.71. The fourth-order valence-corrected chi connectivity index (χ4v) is 2.95. The largest absolute Gasteiger partial charge is 0.393 e. The Morgan fingerprint density at radius 3 is 2.76 bits per heavy atom. The van der Waals surface area contributed by atoms with E-state index in [1.165, 1.54) is 36.0 Å². The first kappa shape index (κ1) is 12.6. The van der Waals surface area contributed by atoms with Gasteiger partial charge in [0, 0.05) is 0 Å². The predicted octanol–water partition coefficient (Wildman–Crippen LogP) is 3.79. The molecule has 0 amide bonds. The number of aliphatic hydroxyl groups excluding tert-OH is 1. The highest BCUT2D eigenvalue weighted by Gasteiger charge is 2.19. The van der Waals surface area contributed by atoms with E-state index in [-0.39, 0.29) is 6.10 Å². The maximum atomic E-state index is 9.86. The maximum absolute atomic E-state index is 9.86. The van der Waals surface area contributed by atoms with Gasteiger partial charge in [0.15, 0.2) is 0 Å². The Morgan fingerprint density at radius 2 is 1.94 bits per heavy atom. The molecule has 17 heavy (non-hydrogen) atoms. The van der Waals surface area contributed by atoms with Crippen LogP contribution in [0.5, 0.6) is 0 Å². The van der Waals surface area contributed by atoms with Crippen molar-refractivity contribution in [3.8, 4) is 0 Å². The summed E-state index contributed by atoms with van der Waals surface area (Å²) in [6.45, 7) is 4.35. The lowest BCUT2D eigenvalue weighted by Crippen LogP contribution is -2.13. The quantitative estimate of drug-likeness (QED) is 0.769. The topological polar surface area (TPSA) is 20.2 Å². The highest BCUT2D eigenvalue weighted by atomic mass is 16.3. The summed E-state index contributed by atoms with van der Waals surface area (Å²) >= 11 is 0. The zero-order valence-corrected chi connectivity index (χ0v) is 11.1. The molecular weight excluding hydrogens is 208 g/mol. The molecule has 0 spiro atoms. The van der Waals surface area contributed by atoms with Gasteiger partial charge < -0.3 is 5.11 Å². The molecule has 0 radical (unpaired) electrons. The summed E-state index contributed by atoms with van der Waals surface area (Å²) in [4.78, 5) is 0. The normalized spacial score (nSPS) is 25.6. The first-order valence-corrected chi connectivity index (χ1v) is 6.89. The van der Waals surface area contributed by atoms with Crippen molar-refractivity contribution in [1.82, 2.24) is 0 Å². The molecule has 1 N–H and O–H groups in total. The number of aryl methyl sites for hydroxylation is 2. The molecule has 1 aromatic rings. The smallest absolute Gasteiger partial charge is 0.0543 e. The van der Waals surface area contributed by atoms with E-state index in [9.17, 15) is 5.11 Å². The first-order chi connectivity index (χ1) is 8.15. The SMILES string of the molecule is Cc1ccc(C)c(CC2CCCCC(O)C2)c1. The van der Waals surface area contributed by atoms with Gasteiger partial charge >= 0.3 is 0 Å². The fourth-order valence-electron chi connectivity index (χ4n) is 2.95. The summed E-state index contributed by atoms with van der Waals surface area (Å²) in [5, 5.41) is 9.86. The minimum Gasteiger partial charge on any atom is -0.393 e. The van der Waals surface area contributed by atoms with Gasteiger partial charge in [0.1, 0.15) is 0 Å².